The molecule has 7 heteroatoms. The third kappa shape index (κ3) is 2.35. The van der Waals surface area contributed by atoms with E-state index in [1.807, 2.05) is 35.6 Å². The van der Waals surface area contributed by atoms with E-state index in [0.29, 0.717) is 35.0 Å². The number of nitriles is 1. The number of thioether (sulfide) groups is 1. The van der Waals surface area contributed by atoms with Gasteiger partial charge in [0.1, 0.15) is 0 Å². The normalized spacial score (nSPS) is 11.1. The molecule has 3 aromatic rings. The fraction of sp³-hybridized carbons (Fsp3) is 0.333. The molecule has 3 rings (SSSR count). The van der Waals surface area contributed by atoms with Crippen LogP contribution in [0.4, 0.5) is 0 Å². The van der Waals surface area contributed by atoms with Crippen LogP contribution in [0.25, 0.3) is 16.7 Å². The van der Waals surface area contributed by atoms with Crippen LogP contribution < -0.4 is 5.56 Å². The summed E-state index contributed by atoms with van der Waals surface area (Å²) in [6.45, 7) is 2.63. The Kier molecular flexibility index (Phi) is 4.11. The minimum absolute atomic E-state index is 0.0362. The number of fused-ring (bicyclic) bond motifs is 3. The molecule has 2 heterocycles. The zero-order valence-electron chi connectivity index (χ0n) is 12.2. The first-order valence-corrected chi connectivity index (χ1v) is 8.13. The number of rotatable bonds is 5. The van der Waals surface area contributed by atoms with E-state index in [0.717, 1.165) is 11.9 Å². The SMILES string of the molecule is CCCn1c(=O)c2ccccc2n2c(SCCC#N)nnc12. The van der Waals surface area contributed by atoms with E-state index in [9.17, 15) is 4.79 Å². The molecule has 1 aromatic carbocycles. The van der Waals surface area contributed by atoms with Crippen molar-refractivity contribution in [3.8, 4) is 6.07 Å². The molecule has 0 atom stereocenters. The molecule has 0 N–H and O–H groups in total. The van der Waals surface area contributed by atoms with Gasteiger partial charge in [-0.2, -0.15) is 5.26 Å². The molecule has 0 aliphatic rings. The highest BCUT2D eigenvalue weighted by Gasteiger charge is 2.15. The molecular weight excluding hydrogens is 298 g/mol. The fourth-order valence-electron chi connectivity index (χ4n) is 2.44. The Hall–Kier alpha value is -2.33. The van der Waals surface area contributed by atoms with Crippen molar-refractivity contribution in [3.63, 3.8) is 0 Å². The molecule has 0 saturated heterocycles. The van der Waals surface area contributed by atoms with Gasteiger partial charge >= 0.3 is 0 Å². The quantitative estimate of drug-likeness (QED) is 0.534. The lowest BCUT2D eigenvalue weighted by atomic mass is 10.2. The predicted molar refractivity (Wildman–Crippen MR) is 86.0 cm³/mol. The van der Waals surface area contributed by atoms with E-state index in [1.54, 1.807) is 4.57 Å². The molecule has 0 unspecified atom stereocenters. The Labute approximate surface area is 131 Å². The molecule has 22 heavy (non-hydrogen) atoms. The first-order chi connectivity index (χ1) is 10.8. The Morgan fingerprint density at radius 1 is 1.32 bits per heavy atom. The molecule has 6 nitrogen and oxygen atoms in total. The van der Waals surface area contributed by atoms with Gasteiger partial charge in [-0.25, -0.2) is 0 Å². The molecule has 0 aliphatic heterocycles. The summed E-state index contributed by atoms with van der Waals surface area (Å²) in [4.78, 5) is 12.6. The first-order valence-electron chi connectivity index (χ1n) is 7.14. The van der Waals surface area contributed by atoms with Crippen LogP contribution in [0.2, 0.25) is 0 Å². The van der Waals surface area contributed by atoms with Gasteiger partial charge < -0.3 is 0 Å². The number of aryl methyl sites for hydroxylation is 1. The Balaban J connectivity index is 2.29. The highest BCUT2D eigenvalue weighted by Crippen LogP contribution is 2.21. The third-order valence-corrected chi connectivity index (χ3v) is 4.30. The van der Waals surface area contributed by atoms with Gasteiger partial charge in [0.2, 0.25) is 5.78 Å². The Morgan fingerprint density at radius 2 is 2.14 bits per heavy atom. The van der Waals surface area contributed by atoms with E-state index < -0.39 is 0 Å². The van der Waals surface area contributed by atoms with Crippen molar-refractivity contribution in [1.29, 1.82) is 5.26 Å². The maximum Gasteiger partial charge on any atom is 0.262 e. The number of aromatic nitrogens is 4. The largest absolute Gasteiger partial charge is 0.276 e. The lowest BCUT2D eigenvalue weighted by Crippen LogP contribution is -2.23. The lowest BCUT2D eigenvalue weighted by molar-refractivity contribution is 0.662. The van der Waals surface area contributed by atoms with Gasteiger partial charge in [-0.1, -0.05) is 30.8 Å². The third-order valence-electron chi connectivity index (χ3n) is 3.37. The van der Waals surface area contributed by atoms with Crippen molar-refractivity contribution in [3.05, 3.63) is 34.6 Å². The summed E-state index contributed by atoms with van der Waals surface area (Å²) in [5.74, 6) is 1.21. The topological polar surface area (TPSA) is 76.0 Å². The summed E-state index contributed by atoms with van der Waals surface area (Å²) in [5.41, 5.74) is 0.769. The molecule has 112 valence electrons. The maximum absolute atomic E-state index is 12.6. The molecular formula is C15H15N5OS. The fourth-order valence-corrected chi connectivity index (χ4v) is 3.22. The van der Waals surface area contributed by atoms with E-state index in [2.05, 4.69) is 16.3 Å². The van der Waals surface area contributed by atoms with Crippen molar-refractivity contribution in [2.45, 2.75) is 31.5 Å². The minimum atomic E-state index is -0.0362. The monoisotopic (exact) mass is 313 g/mol. The zero-order chi connectivity index (χ0) is 15.5. The van der Waals surface area contributed by atoms with E-state index in [1.165, 1.54) is 11.8 Å². The summed E-state index contributed by atoms with van der Waals surface area (Å²) in [6.07, 6.45) is 1.30. The Morgan fingerprint density at radius 3 is 2.91 bits per heavy atom. The van der Waals surface area contributed by atoms with Gasteiger partial charge in [0.05, 0.1) is 17.0 Å². The summed E-state index contributed by atoms with van der Waals surface area (Å²) >= 11 is 1.48. The van der Waals surface area contributed by atoms with E-state index in [4.69, 9.17) is 5.26 Å². The van der Waals surface area contributed by atoms with Gasteiger partial charge in [-0.3, -0.25) is 13.8 Å². The summed E-state index contributed by atoms with van der Waals surface area (Å²) < 4.78 is 3.58. The zero-order valence-corrected chi connectivity index (χ0v) is 13.0. The van der Waals surface area contributed by atoms with Crippen LogP contribution in [0.3, 0.4) is 0 Å². The van der Waals surface area contributed by atoms with Crippen molar-refractivity contribution < 1.29 is 0 Å². The molecule has 0 amide bonds. The van der Waals surface area contributed by atoms with E-state index >= 15 is 0 Å². The molecule has 0 spiro atoms. The first kappa shape index (κ1) is 14.6. The summed E-state index contributed by atoms with van der Waals surface area (Å²) in [7, 11) is 0. The molecule has 2 aromatic heterocycles. The number of hydrogen-bond acceptors (Lipinski definition) is 5. The predicted octanol–water partition coefficient (Wildman–Crippen LogP) is 2.46. The Bertz CT molecular complexity index is 921. The smallest absolute Gasteiger partial charge is 0.262 e. The number of para-hydroxylation sites is 1. The standard InChI is InChI=1S/C15H15N5OS/c1-2-9-19-13(21)11-6-3-4-7-12(11)20-14(19)17-18-15(20)22-10-5-8-16/h3-4,6-7H,2,5,9-10H2,1H3. The average Bonchev–Trinajstić information content (AvgIpc) is 2.96. The van der Waals surface area contributed by atoms with Gasteiger partial charge in [0.25, 0.3) is 5.56 Å². The number of nitrogens with zero attached hydrogens (tertiary/aromatic N) is 5. The van der Waals surface area contributed by atoms with E-state index in [-0.39, 0.29) is 5.56 Å². The molecule has 0 fully saturated rings. The summed E-state index contributed by atoms with van der Waals surface area (Å²) in [5, 5.41) is 18.5. The highest BCUT2D eigenvalue weighted by molar-refractivity contribution is 7.99. The maximum atomic E-state index is 12.6. The average molecular weight is 313 g/mol. The second-order valence-corrected chi connectivity index (χ2v) is 5.91. The molecule has 0 radical (unpaired) electrons. The lowest BCUT2D eigenvalue weighted by Gasteiger charge is -2.10. The number of hydrogen-bond donors (Lipinski definition) is 0. The second kappa shape index (κ2) is 6.20. The van der Waals surface area contributed by atoms with Crippen molar-refractivity contribution in [1.82, 2.24) is 19.2 Å². The van der Waals surface area contributed by atoms with Crippen LogP contribution >= 0.6 is 11.8 Å². The van der Waals surface area contributed by atoms with Crippen molar-refractivity contribution in [2.24, 2.45) is 0 Å². The van der Waals surface area contributed by atoms with Crippen LogP contribution in [0.15, 0.2) is 34.2 Å². The van der Waals surface area contributed by atoms with Crippen molar-refractivity contribution in [2.75, 3.05) is 5.75 Å². The molecule has 0 aliphatic carbocycles. The van der Waals surface area contributed by atoms with Crippen LogP contribution in [0.1, 0.15) is 19.8 Å². The van der Waals surface area contributed by atoms with Crippen LogP contribution in [0, 0.1) is 11.3 Å². The van der Waals surface area contributed by atoms with Gasteiger partial charge in [0.15, 0.2) is 5.16 Å². The van der Waals surface area contributed by atoms with Gasteiger partial charge in [0, 0.05) is 18.7 Å². The summed E-state index contributed by atoms with van der Waals surface area (Å²) in [6, 6.07) is 9.61. The van der Waals surface area contributed by atoms with Gasteiger partial charge in [-0.05, 0) is 18.6 Å². The minimum Gasteiger partial charge on any atom is -0.276 e. The van der Waals surface area contributed by atoms with Crippen LogP contribution in [-0.4, -0.2) is 24.9 Å². The molecule has 0 saturated carbocycles. The second-order valence-electron chi connectivity index (χ2n) is 4.85. The highest BCUT2D eigenvalue weighted by atomic mass is 32.2. The van der Waals surface area contributed by atoms with Gasteiger partial charge in [-0.15, -0.1) is 10.2 Å². The van der Waals surface area contributed by atoms with Crippen LogP contribution in [0.5, 0.6) is 0 Å². The van der Waals surface area contributed by atoms with Crippen molar-refractivity contribution >= 4 is 28.4 Å². The van der Waals surface area contributed by atoms with Crippen LogP contribution in [-0.2, 0) is 6.54 Å². The molecule has 0 bridgehead atoms. The number of benzene rings is 1.